The number of carbonyl (C=O) groups excluding carboxylic acids is 1. The van der Waals surface area contributed by atoms with Gasteiger partial charge in [0, 0.05) is 23.0 Å². The summed E-state index contributed by atoms with van der Waals surface area (Å²) < 4.78 is 6.41. The molecule has 1 aromatic heterocycles. The van der Waals surface area contributed by atoms with E-state index in [0.717, 1.165) is 11.1 Å². The topological polar surface area (TPSA) is 70.1 Å². The molecule has 5 nitrogen and oxygen atoms in total. The molecule has 0 radical (unpaired) electrons. The van der Waals surface area contributed by atoms with Crippen molar-refractivity contribution < 1.29 is 9.53 Å². The Labute approximate surface area is 112 Å². The van der Waals surface area contributed by atoms with E-state index in [1.807, 2.05) is 39.0 Å². The van der Waals surface area contributed by atoms with Crippen LogP contribution in [0.3, 0.4) is 0 Å². The van der Waals surface area contributed by atoms with Crippen LogP contribution in [0.4, 0.5) is 10.5 Å². The first kappa shape index (κ1) is 13.1. The van der Waals surface area contributed by atoms with Gasteiger partial charge in [-0.2, -0.15) is 9.78 Å². The largest absolute Gasteiger partial charge is 0.442 e. The van der Waals surface area contributed by atoms with E-state index in [1.54, 1.807) is 18.5 Å². The van der Waals surface area contributed by atoms with Crippen molar-refractivity contribution in [1.82, 2.24) is 9.78 Å². The van der Waals surface area contributed by atoms with E-state index in [1.165, 1.54) is 4.68 Å². The van der Waals surface area contributed by atoms with Gasteiger partial charge in [0.05, 0.1) is 6.20 Å². The van der Waals surface area contributed by atoms with Gasteiger partial charge >= 0.3 is 6.09 Å². The standard InChI is InChI=1S/C14H17N3O2/c1-14(2,3)19-13(18)17-9-10(8-16-17)11-6-4-5-7-12(11)15/h4-9H,15H2,1-3H3. The quantitative estimate of drug-likeness (QED) is 0.799. The fraction of sp³-hybridized carbons (Fsp3) is 0.286. The van der Waals surface area contributed by atoms with Crippen LogP contribution in [-0.4, -0.2) is 21.5 Å². The van der Waals surface area contributed by atoms with Gasteiger partial charge in [0.2, 0.25) is 0 Å². The molecule has 0 aliphatic rings. The normalized spacial score (nSPS) is 11.3. The summed E-state index contributed by atoms with van der Waals surface area (Å²) in [6.07, 6.45) is 2.70. The van der Waals surface area contributed by atoms with E-state index in [4.69, 9.17) is 10.5 Å². The van der Waals surface area contributed by atoms with Crippen molar-refractivity contribution in [2.75, 3.05) is 5.73 Å². The number of carbonyl (C=O) groups is 1. The summed E-state index contributed by atoms with van der Waals surface area (Å²) >= 11 is 0. The highest BCUT2D eigenvalue weighted by atomic mass is 16.6. The summed E-state index contributed by atoms with van der Waals surface area (Å²) in [5.74, 6) is 0. The maximum absolute atomic E-state index is 11.8. The minimum Gasteiger partial charge on any atom is -0.442 e. The zero-order chi connectivity index (χ0) is 14.0. The second kappa shape index (κ2) is 4.76. The first-order valence-electron chi connectivity index (χ1n) is 6.00. The van der Waals surface area contributed by atoms with Crippen LogP contribution in [0.1, 0.15) is 20.8 Å². The lowest BCUT2D eigenvalue weighted by molar-refractivity contribution is 0.0514. The summed E-state index contributed by atoms with van der Waals surface area (Å²) in [7, 11) is 0. The lowest BCUT2D eigenvalue weighted by Crippen LogP contribution is -2.27. The first-order valence-corrected chi connectivity index (χ1v) is 6.00. The molecule has 0 unspecified atom stereocenters. The summed E-state index contributed by atoms with van der Waals surface area (Å²) in [4.78, 5) is 11.8. The van der Waals surface area contributed by atoms with Gasteiger partial charge in [-0.1, -0.05) is 18.2 Å². The molecule has 0 fully saturated rings. The van der Waals surface area contributed by atoms with Crippen LogP contribution in [0, 0.1) is 0 Å². The summed E-state index contributed by atoms with van der Waals surface area (Å²) in [5.41, 5.74) is 7.61. The van der Waals surface area contributed by atoms with Crippen molar-refractivity contribution in [1.29, 1.82) is 0 Å². The fourth-order valence-corrected chi connectivity index (χ4v) is 1.63. The Morgan fingerprint density at radius 3 is 2.63 bits per heavy atom. The van der Waals surface area contributed by atoms with Crippen molar-refractivity contribution in [2.45, 2.75) is 26.4 Å². The van der Waals surface area contributed by atoms with Gasteiger partial charge < -0.3 is 10.5 Å². The van der Waals surface area contributed by atoms with Crippen molar-refractivity contribution in [3.05, 3.63) is 36.7 Å². The summed E-state index contributed by atoms with van der Waals surface area (Å²) in [5, 5.41) is 4.00. The van der Waals surface area contributed by atoms with Crippen LogP contribution in [0.15, 0.2) is 36.7 Å². The van der Waals surface area contributed by atoms with Crippen LogP contribution in [-0.2, 0) is 4.74 Å². The van der Waals surface area contributed by atoms with Crippen molar-refractivity contribution in [3.8, 4) is 11.1 Å². The molecule has 19 heavy (non-hydrogen) atoms. The number of benzene rings is 1. The Bertz CT molecular complexity index is 597. The van der Waals surface area contributed by atoms with Crippen LogP contribution in [0.2, 0.25) is 0 Å². The molecule has 2 aromatic rings. The SMILES string of the molecule is CC(C)(C)OC(=O)n1cc(-c2ccccc2N)cn1. The van der Waals surface area contributed by atoms with Gasteiger partial charge in [0.25, 0.3) is 0 Å². The monoisotopic (exact) mass is 259 g/mol. The van der Waals surface area contributed by atoms with E-state index in [2.05, 4.69) is 5.10 Å². The Hall–Kier alpha value is -2.30. The van der Waals surface area contributed by atoms with E-state index in [9.17, 15) is 4.79 Å². The summed E-state index contributed by atoms with van der Waals surface area (Å²) in [6.45, 7) is 5.43. The highest BCUT2D eigenvalue weighted by Crippen LogP contribution is 2.24. The maximum Gasteiger partial charge on any atom is 0.435 e. The van der Waals surface area contributed by atoms with Crippen molar-refractivity contribution in [3.63, 3.8) is 0 Å². The average Bonchev–Trinajstić information content (AvgIpc) is 2.76. The molecule has 1 aromatic carbocycles. The molecule has 2 N–H and O–H groups in total. The highest BCUT2D eigenvalue weighted by molar-refractivity contribution is 5.78. The van der Waals surface area contributed by atoms with Gasteiger partial charge in [-0.25, -0.2) is 4.79 Å². The number of anilines is 1. The van der Waals surface area contributed by atoms with E-state index in [-0.39, 0.29) is 0 Å². The molecule has 0 spiro atoms. The number of aromatic nitrogens is 2. The van der Waals surface area contributed by atoms with Gasteiger partial charge in [-0.15, -0.1) is 0 Å². The number of ether oxygens (including phenoxy) is 1. The Kier molecular flexibility index (Phi) is 3.29. The third kappa shape index (κ3) is 3.13. The number of rotatable bonds is 1. The van der Waals surface area contributed by atoms with Crippen LogP contribution >= 0.6 is 0 Å². The second-order valence-corrected chi connectivity index (χ2v) is 5.24. The van der Waals surface area contributed by atoms with Crippen molar-refractivity contribution in [2.24, 2.45) is 0 Å². The molecule has 0 aliphatic carbocycles. The molecule has 0 aliphatic heterocycles. The smallest absolute Gasteiger partial charge is 0.435 e. The Morgan fingerprint density at radius 2 is 2.00 bits per heavy atom. The van der Waals surface area contributed by atoms with Crippen LogP contribution in [0.25, 0.3) is 11.1 Å². The third-order valence-electron chi connectivity index (χ3n) is 2.43. The molecular weight excluding hydrogens is 242 g/mol. The minimum atomic E-state index is -0.547. The lowest BCUT2D eigenvalue weighted by Gasteiger charge is -2.18. The molecule has 0 amide bonds. The van der Waals surface area contributed by atoms with Gasteiger partial charge in [-0.3, -0.25) is 0 Å². The molecule has 0 saturated carbocycles. The zero-order valence-electron chi connectivity index (χ0n) is 11.3. The number of para-hydroxylation sites is 1. The van der Waals surface area contributed by atoms with Gasteiger partial charge in [-0.05, 0) is 26.8 Å². The number of nitrogens with two attached hydrogens (primary N) is 1. The number of nitrogens with zero attached hydrogens (tertiary/aromatic N) is 2. The molecular formula is C14H17N3O2. The number of hydrogen-bond acceptors (Lipinski definition) is 4. The number of hydrogen-bond donors (Lipinski definition) is 1. The summed E-state index contributed by atoms with van der Waals surface area (Å²) in [6, 6.07) is 7.43. The molecule has 5 heteroatoms. The fourth-order valence-electron chi connectivity index (χ4n) is 1.63. The predicted octanol–water partition coefficient (Wildman–Crippen LogP) is 2.92. The van der Waals surface area contributed by atoms with Crippen LogP contribution < -0.4 is 5.73 Å². The molecule has 100 valence electrons. The zero-order valence-corrected chi connectivity index (χ0v) is 11.3. The Balaban J connectivity index is 2.25. The van der Waals surface area contributed by atoms with Crippen molar-refractivity contribution >= 4 is 11.8 Å². The lowest BCUT2D eigenvalue weighted by atomic mass is 10.1. The highest BCUT2D eigenvalue weighted by Gasteiger charge is 2.18. The first-order chi connectivity index (χ1) is 8.87. The molecule has 0 atom stereocenters. The molecule has 1 heterocycles. The second-order valence-electron chi connectivity index (χ2n) is 5.24. The number of nitrogen functional groups attached to an aromatic ring is 1. The van der Waals surface area contributed by atoms with Crippen LogP contribution in [0.5, 0.6) is 0 Å². The van der Waals surface area contributed by atoms with Gasteiger partial charge in [0.1, 0.15) is 5.60 Å². The minimum absolute atomic E-state index is 0.506. The molecule has 0 saturated heterocycles. The van der Waals surface area contributed by atoms with Gasteiger partial charge in [0.15, 0.2) is 0 Å². The predicted molar refractivity (Wildman–Crippen MR) is 73.7 cm³/mol. The van der Waals surface area contributed by atoms with E-state index < -0.39 is 11.7 Å². The molecule has 2 rings (SSSR count). The van der Waals surface area contributed by atoms with E-state index in [0.29, 0.717) is 5.69 Å². The third-order valence-corrected chi connectivity index (χ3v) is 2.43. The molecule has 0 bridgehead atoms. The average molecular weight is 259 g/mol. The van der Waals surface area contributed by atoms with E-state index >= 15 is 0 Å². The Morgan fingerprint density at radius 1 is 1.32 bits per heavy atom. The maximum atomic E-state index is 11.8.